The van der Waals surface area contributed by atoms with E-state index in [0.717, 1.165) is 24.3 Å². The minimum Gasteiger partial charge on any atom is -0.383 e. The van der Waals surface area contributed by atoms with Crippen LogP contribution in [0.25, 0.3) is 6.08 Å². The molecule has 1 aromatic heterocycles. The molecule has 0 atom stereocenters. The second kappa shape index (κ2) is 2.97. The van der Waals surface area contributed by atoms with Crippen LogP contribution in [0.3, 0.4) is 0 Å². The summed E-state index contributed by atoms with van der Waals surface area (Å²) in [5, 5.41) is 3.34. The molecule has 0 aromatic carbocycles. The van der Waals surface area contributed by atoms with Crippen molar-refractivity contribution >= 4 is 11.8 Å². The molecule has 2 heterocycles. The van der Waals surface area contributed by atoms with E-state index in [4.69, 9.17) is 0 Å². The lowest BCUT2D eigenvalue weighted by atomic mass is 10.2. The van der Waals surface area contributed by atoms with Crippen molar-refractivity contribution in [2.45, 2.75) is 13.3 Å². The molecule has 1 aromatic rings. The van der Waals surface area contributed by atoms with E-state index in [1.807, 2.05) is 12.3 Å². The number of hydrogen-bond donors (Lipinski definition) is 1. The van der Waals surface area contributed by atoms with Gasteiger partial charge in [-0.15, -0.1) is 0 Å². The third kappa shape index (κ3) is 1.33. The molecule has 0 radical (unpaired) electrons. The van der Waals surface area contributed by atoms with Gasteiger partial charge in [0.25, 0.3) is 0 Å². The summed E-state index contributed by atoms with van der Waals surface area (Å²) in [7, 11) is 0. The molecule has 0 aliphatic carbocycles. The Morgan fingerprint density at radius 2 is 2.42 bits per heavy atom. The molecule has 0 spiro atoms. The molecular weight excluding hydrogens is 148 g/mol. The molecule has 12 heavy (non-hydrogen) atoms. The standard InChI is InChI=1S/C10H12N2/c1-8-4-6-12-9-3-2-5-11-10(9)7-8/h2-3,5,7,12H,4,6H2,1H3. The molecule has 0 saturated carbocycles. The topological polar surface area (TPSA) is 24.9 Å². The van der Waals surface area contributed by atoms with Crippen molar-refractivity contribution in [3.05, 3.63) is 29.6 Å². The van der Waals surface area contributed by atoms with E-state index in [1.165, 1.54) is 5.57 Å². The highest BCUT2D eigenvalue weighted by Gasteiger charge is 2.04. The molecule has 2 rings (SSSR count). The Hall–Kier alpha value is -1.31. The second-order valence-electron chi connectivity index (χ2n) is 3.10. The van der Waals surface area contributed by atoms with E-state index in [0.29, 0.717) is 0 Å². The number of aromatic nitrogens is 1. The Morgan fingerprint density at radius 1 is 1.50 bits per heavy atom. The molecule has 1 N–H and O–H groups in total. The quantitative estimate of drug-likeness (QED) is 0.630. The molecule has 0 saturated heterocycles. The summed E-state index contributed by atoms with van der Waals surface area (Å²) in [4.78, 5) is 4.29. The van der Waals surface area contributed by atoms with Crippen LogP contribution in [-0.4, -0.2) is 11.5 Å². The molecule has 1 aliphatic heterocycles. The van der Waals surface area contributed by atoms with Crippen molar-refractivity contribution in [1.82, 2.24) is 4.98 Å². The Bertz CT molecular complexity index is 315. The molecule has 2 nitrogen and oxygen atoms in total. The lowest BCUT2D eigenvalue weighted by molar-refractivity contribution is 1.01. The van der Waals surface area contributed by atoms with Crippen LogP contribution >= 0.6 is 0 Å². The van der Waals surface area contributed by atoms with Gasteiger partial charge in [0.05, 0.1) is 11.4 Å². The van der Waals surface area contributed by atoms with E-state index in [9.17, 15) is 0 Å². The van der Waals surface area contributed by atoms with Gasteiger partial charge in [-0.05, 0) is 31.6 Å². The molecule has 0 amide bonds. The van der Waals surface area contributed by atoms with E-state index < -0.39 is 0 Å². The fourth-order valence-corrected chi connectivity index (χ4v) is 1.38. The predicted molar refractivity (Wildman–Crippen MR) is 51.0 cm³/mol. The second-order valence-corrected chi connectivity index (χ2v) is 3.10. The van der Waals surface area contributed by atoms with Gasteiger partial charge in [0.15, 0.2) is 0 Å². The Labute approximate surface area is 72.3 Å². The van der Waals surface area contributed by atoms with Crippen LogP contribution in [-0.2, 0) is 0 Å². The summed E-state index contributed by atoms with van der Waals surface area (Å²) in [5.41, 5.74) is 3.60. The van der Waals surface area contributed by atoms with Crippen molar-refractivity contribution in [2.75, 3.05) is 11.9 Å². The van der Waals surface area contributed by atoms with Crippen LogP contribution in [0.1, 0.15) is 19.0 Å². The largest absolute Gasteiger partial charge is 0.383 e. The van der Waals surface area contributed by atoms with Gasteiger partial charge in [0, 0.05) is 12.7 Å². The van der Waals surface area contributed by atoms with Crippen LogP contribution in [0.4, 0.5) is 5.69 Å². The summed E-state index contributed by atoms with van der Waals surface area (Å²) in [6.45, 7) is 3.16. The monoisotopic (exact) mass is 160 g/mol. The van der Waals surface area contributed by atoms with Crippen LogP contribution in [0.2, 0.25) is 0 Å². The molecular formula is C10H12N2. The maximum Gasteiger partial charge on any atom is 0.0860 e. The van der Waals surface area contributed by atoms with Crippen molar-refractivity contribution in [3.8, 4) is 0 Å². The first-order valence-corrected chi connectivity index (χ1v) is 4.22. The van der Waals surface area contributed by atoms with Crippen molar-refractivity contribution in [2.24, 2.45) is 0 Å². The van der Waals surface area contributed by atoms with Crippen LogP contribution in [0.15, 0.2) is 23.9 Å². The smallest absolute Gasteiger partial charge is 0.0860 e. The minimum absolute atomic E-state index is 1.01. The van der Waals surface area contributed by atoms with Crippen molar-refractivity contribution in [1.29, 1.82) is 0 Å². The summed E-state index contributed by atoms with van der Waals surface area (Å²) in [6, 6.07) is 4.03. The number of fused-ring (bicyclic) bond motifs is 1. The lowest BCUT2D eigenvalue weighted by Gasteiger charge is -2.03. The van der Waals surface area contributed by atoms with Gasteiger partial charge in [-0.25, -0.2) is 0 Å². The van der Waals surface area contributed by atoms with Gasteiger partial charge in [0.2, 0.25) is 0 Å². The fourth-order valence-electron chi connectivity index (χ4n) is 1.38. The lowest BCUT2D eigenvalue weighted by Crippen LogP contribution is -2.00. The zero-order chi connectivity index (χ0) is 8.39. The van der Waals surface area contributed by atoms with Crippen LogP contribution in [0.5, 0.6) is 0 Å². The van der Waals surface area contributed by atoms with Crippen molar-refractivity contribution < 1.29 is 0 Å². The average Bonchev–Trinajstić information content (AvgIpc) is 2.25. The van der Waals surface area contributed by atoms with E-state index in [-0.39, 0.29) is 0 Å². The first-order chi connectivity index (χ1) is 5.86. The zero-order valence-electron chi connectivity index (χ0n) is 7.17. The normalized spacial score (nSPS) is 15.6. The number of hydrogen-bond acceptors (Lipinski definition) is 2. The first kappa shape index (κ1) is 7.35. The summed E-state index contributed by atoms with van der Waals surface area (Å²) in [6.07, 6.45) is 5.08. The van der Waals surface area contributed by atoms with Gasteiger partial charge < -0.3 is 5.32 Å². The molecule has 0 unspecified atom stereocenters. The Balaban J connectivity index is 2.47. The maximum atomic E-state index is 4.29. The van der Waals surface area contributed by atoms with E-state index in [2.05, 4.69) is 29.4 Å². The maximum absolute atomic E-state index is 4.29. The molecule has 62 valence electrons. The average molecular weight is 160 g/mol. The number of anilines is 1. The first-order valence-electron chi connectivity index (χ1n) is 4.22. The van der Waals surface area contributed by atoms with E-state index >= 15 is 0 Å². The molecule has 0 bridgehead atoms. The number of rotatable bonds is 0. The summed E-state index contributed by atoms with van der Waals surface area (Å²) in [5.74, 6) is 0. The van der Waals surface area contributed by atoms with Gasteiger partial charge >= 0.3 is 0 Å². The van der Waals surface area contributed by atoms with Crippen molar-refractivity contribution in [3.63, 3.8) is 0 Å². The molecule has 0 fully saturated rings. The SMILES string of the molecule is CC1=Cc2ncccc2NCC1. The summed E-state index contributed by atoms with van der Waals surface area (Å²) >= 11 is 0. The highest BCUT2D eigenvalue weighted by Crippen LogP contribution is 2.19. The number of pyridine rings is 1. The minimum atomic E-state index is 1.01. The third-order valence-electron chi connectivity index (χ3n) is 2.06. The summed E-state index contributed by atoms with van der Waals surface area (Å²) < 4.78 is 0. The molecule has 2 heteroatoms. The fraction of sp³-hybridized carbons (Fsp3) is 0.300. The Kier molecular flexibility index (Phi) is 1.82. The van der Waals surface area contributed by atoms with Gasteiger partial charge in [-0.3, -0.25) is 4.98 Å². The third-order valence-corrected chi connectivity index (χ3v) is 2.06. The predicted octanol–water partition coefficient (Wildman–Crippen LogP) is 2.30. The number of nitrogens with one attached hydrogen (secondary N) is 1. The zero-order valence-corrected chi connectivity index (χ0v) is 7.17. The van der Waals surface area contributed by atoms with Gasteiger partial charge in [-0.2, -0.15) is 0 Å². The highest BCUT2D eigenvalue weighted by molar-refractivity contribution is 5.65. The van der Waals surface area contributed by atoms with Crippen LogP contribution < -0.4 is 5.32 Å². The highest BCUT2D eigenvalue weighted by atomic mass is 14.9. The molecule has 1 aliphatic rings. The van der Waals surface area contributed by atoms with Gasteiger partial charge in [-0.1, -0.05) is 5.57 Å². The number of nitrogens with zero attached hydrogens (tertiary/aromatic N) is 1. The van der Waals surface area contributed by atoms with E-state index in [1.54, 1.807) is 0 Å². The Morgan fingerprint density at radius 3 is 3.33 bits per heavy atom. The van der Waals surface area contributed by atoms with Gasteiger partial charge in [0.1, 0.15) is 0 Å². The van der Waals surface area contributed by atoms with Crippen LogP contribution in [0, 0.1) is 0 Å².